The fourth-order valence-electron chi connectivity index (χ4n) is 3.36. The standard InChI is InChI=1S/C25H17Cl2N3O2S/c26-17-8-6-16(7-9-17)14-22-24(32)30(20-4-2-1-3-5-20)25(33-22)21(15-28)23(31)29-19-12-10-18(27)11-13-19/h1-13,22H,14H2,(H,29,31)/b25-21+/t22-/m0/s1. The number of nitrogens with zero attached hydrogens (tertiary/aromatic N) is 2. The highest BCUT2D eigenvalue weighted by Gasteiger charge is 2.40. The first-order valence-corrected chi connectivity index (χ1v) is 11.6. The number of amides is 2. The molecule has 164 valence electrons. The number of carbonyl (C=O) groups is 2. The molecule has 1 aliphatic heterocycles. The van der Waals surface area contributed by atoms with Crippen molar-refractivity contribution >= 4 is 58.2 Å². The maximum Gasteiger partial charge on any atom is 0.269 e. The van der Waals surface area contributed by atoms with Crippen LogP contribution in [-0.2, 0) is 16.0 Å². The number of halogens is 2. The molecule has 3 aromatic carbocycles. The van der Waals surface area contributed by atoms with Crippen molar-refractivity contribution in [1.82, 2.24) is 0 Å². The predicted octanol–water partition coefficient (Wildman–Crippen LogP) is 6.06. The zero-order valence-electron chi connectivity index (χ0n) is 17.2. The second-order valence-corrected chi connectivity index (χ2v) is 9.26. The van der Waals surface area contributed by atoms with Crippen LogP contribution in [0, 0.1) is 11.3 Å². The fourth-order valence-corrected chi connectivity index (χ4v) is 4.92. The summed E-state index contributed by atoms with van der Waals surface area (Å²) in [5.74, 6) is -0.786. The monoisotopic (exact) mass is 493 g/mol. The second-order valence-electron chi connectivity index (χ2n) is 7.20. The molecular weight excluding hydrogens is 477 g/mol. The number of thioether (sulfide) groups is 1. The summed E-state index contributed by atoms with van der Waals surface area (Å²) in [5, 5.41) is 13.5. The summed E-state index contributed by atoms with van der Waals surface area (Å²) in [6, 6.07) is 24.8. The second kappa shape index (κ2) is 10.1. The van der Waals surface area contributed by atoms with Crippen molar-refractivity contribution in [3.8, 4) is 6.07 Å². The predicted molar refractivity (Wildman–Crippen MR) is 133 cm³/mol. The highest BCUT2D eigenvalue weighted by atomic mass is 35.5. The van der Waals surface area contributed by atoms with Crippen molar-refractivity contribution in [2.24, 2.45) is 0 Å². The van der Waals surface area contributed by atoms with Gasteiger partial charge in [0, 0.05) is 21.4 Å². The summed E-state index contributed by atoms with van der Waals surface area (Å²) >= 11 is 13.1. The fraction of sp³-hybridized carbons (Fsp3) is 0.0800. The van der Waals surface area contributed by atoms with Crippen LogP contribution in [0.2, 0.25) is 10.0 Å². The van der Waals surface area contributed by atoms with Gasteiger partial charge in [0.2, 0.25) is 5.91 Å². The number of nitriles is 1. The summed E-state index contributed by atoms with van der Waals surface area (Å²) in [6.07, 6.45) is 0.436. The summed E-state index contributed by atoms with van der Waals surface area (Å²) in [7, 11) is 0. The van der Waals surface area contributed by atoms with E-state index in [2.05, 4.69) is 5.32 Å². The van der Waals surface area contributed by atoms with E-state index >= 15 is 0 Å². The molecule has 0 aromatic heterocycles. The maximum atomic E-state index is 13.4. The number of carbonyl (C=O) groups excluding carboxylic acids is 2. The van der Waals surface area contributed by atoms with Gasteiger partial charge >= 0.3 is 0 Å². The molecule has 1 N–H and O–H groups in total. The molecule has 1 heterocycles. The van der Waals surface area contributed by atoms with Crippen molar-refractivity contribution < 1.29 is 9.59 Å². The number of benzene rings is 3. The smallest absolute Gasteiger partial charge is 0.269 e. The van der Waals surface area contributed by atoms with Crippen LogP contribution in [0.4, 0.5) is 11.4 Å². The van der Waals surface area contributed by atoms with Crippen molar-refractivity contribution in [2.45, 2.75) is 11.7 Å². The Morgan fingerprint density at radius 3 is 2.18 bits per heavy atom. The third-order valence-corrected chi connectivity index (χ3v) is 6.72. The number of hydrogen-bond donors (Lipinski definition) is 1. The molecule has 1 aliphatic rings. The largest absolute Gasteiger partial charge is 0.321 e. The molecule has 8 heteroatoms. The van der Waals surface area contributed by atoms with Crippen LogP contribution in [0.3, 0.4) is 0 Å². The van der Waals surface area contributed by atoms with E-state index in [0.717, 1.165) is 5.56 Å². The van der Waals surface area contributed by atoms with Gasteiger partial charge in [-0.15, -0.1) is 0 Å². The third-order valence-electron chi connectivity index (χ3n) is 4.96. The van der Waals surface area contributed by atoms with Gasteiger partial charge in [-0.1, -0.05) is 65.3 Å². The van der Waals surface area contributed by atoms with E-state index in [1.165, 1.54) is 16.7 Å². The number of para-hydroxylation sites is 1. The van der Waals surface area contributed by atoms with Crippen molar-refractivity contribution in [2.75, 3.05) is 10.2 Å². The van der Waals surface area contributed by atoms with E-state index in [4.69, 9.17) is 23.2 Å². The highest BCUT2D eigenvalue weighted by Crippen LogP contribution is 2.42. The van der Waals surface area contributed by atoms with Crippen LogP contribution in [0.5, 0.6) is 0 Å². The summed E-state index contributed by atoms with van der Waals surface area (Å²) < 4.78 is 0. The van der Waals surface area contributed by atoms with Crippen LogP contribution in [0.25, 0.3) is 0 Å². The van der Waals surface area contributed by atoms with E-state index in [1.54, 1.807) is 60.7 Å². The van der Waals surface area contributed by atoms with Gasteiger partial charge in [0.05, 0.1) is 5.25 Å². The number of anilines is 2. The van der Waals surface area contributed by atoms with Gasteiger partial charge < -0.3 is 5.32 Å². The average molecular weight is 494 g/mol. The average Bonchev–Trinajstić information content (AvgIpc) is 3.13. The van der Waals surface area contributed by atoms with Crippen LogP contribution in [0.1, 0.15) is 5.56 Å². The quantitative estimate of drug-likeness (QED) is 0.346. The van der Waals surface area contributed by atoms with Gasteiger partial charge in [-0.25, -0.2) is 0 Å². The molecular formula is C25H17Cl2N3O2S. The molecule has 1 fully saturated rings. The van der Waals surface area contributed by atoms with Gasteiger partial charge in [0.1, 0.15) is 16.7 Å². The molecule has 0 unspecified atom stereocenters. The Bertz CT molecular complexity index is 1250. The minimum atomic E-state index is -0.594. The number of hydrogen-bond acceptors (Lipinski definition) is 4. The Kier molecular flexibility index (Phi) is 7.05. The third kappa shape index (κ3) is 5.23. The van der Waals surface area contributed by atoms with Gasteiger partial charge in [0.25, 0.3) is 5.91 Å². The molecule has 3 aromatic rings. The Morgan fingerprint density at radius 2 is 1.58 bits per heavy atom. The molecule has 0 bridgehead atoms. The number of rotatable bonds is 5. The molecule has 1 atom stereocenters. The number of nitrogens with one attached hydrogen (secondary N) is 1. The molecule has 0 aliphatic carbocycles. The van der Waals surface area contributed by atoms with Crippen molar-refractivity contribution in [3.63, 3.8) is 0 Å². The Balaban J connectivity index is 1.70. The first-order chi connectivity index (χ1) is 16.0. The lowest BCUT2D eigenvalue weighted by Crippen LogP contribution is -2.30. The van der Waals surface area contributed by atoms with Crippen molar-refractivity contribution in [3.05, 3.63) is 105 Å². The molecule has 0 spiro atoms. The minimum absolute atomic E-state index is 0.134. The van der Waals surface area contributed by atoms with E-state index in [0.29, 0.717) is 32.9 Å². The van der Waals surface area contributed by atoms with Gasteiger partial charge in [-0.05, 0) is 60.5 Å². The molecule has 4 rings (SSSR count). The first kappa shape index (κ1) is 22.9. The van der Waals surface area contributed by atoms with Gasteiger partial charge in [-0.3, -0.25) is 14.5 Å². The lowest BCUT2D eigenvalue weighted by molar-refractivity contribution is -0.117. The molecule has 0 saturated carbocycles. The zero-order chi connectivity index (χ0) is 23.4. The Labute approximate surface area is 205 Å². The summed E-state index contributed by atoms with van der Waals surface area (Å²) in [6.45, 7) is 0. The van der Waals surface area contributed by atoms with Gasteiger partial charge in [-0.2, -0.15) is 5.26 Å². The molecule has 33 heavy (non-hydrogen) atoms. The van der Waals surface area contributed by atoms with E-state index in [-0.39, 0.29) is 11.5 Å². The normalized spacial score (nSPS) is 16.9. The topological polar surface area (TPSA) is 73.2 Å². The van der Waals surface area contributed by atoms with Crippen LogP contribution >= 0.6 is 35.0 Å². The molecule has 0 radical (unpaired) electrons. The van der Waals surface area contributed by atoms with Crippen LogP contribution in [0.15, 0.2) is 89.5 Å². The minimum Gasteiger partial charge on any atom is -0.321 e. The molecule has 2 amide bonds. The van der Waals surface area contributed by atoms with Gasteiger partial charge in [0.15, 0.2) is 0 Å². The maximum absolute atomic E-state index is 13.4. The Hall–Kier alpha value is -3.24. The molecule has 5 nitrogen and oxygen atoms in total. The summed E-state index contributed by atoms with van der Waals surface area (Å²) in [5.41, 5.74) is 1.89. The van der Waals surface area contributed by atoms with E-state index in [1.807, 2.05) is 24.3 Å². The van der Waals surface area contributed by atoms with Crippen LogP contribution < -0.4 is 10.2 Å². The highest BCUT2D eigenvalue weighted by molar-refractivity contribution is 8.05. The Morgan fingerprint density at radius 1 is 0.970 bits per heavy atom. The lowest BCUT2D eigenvalue weighted by Gasteiger charge is -2.18. The van der Waals surface area contributed by atoms with Crippen LogP contribution in [-0.4, -0.2) is 17.1 Å². The summed E-state index contributed by atoms with van der Waals surface area (Å²) in [4.78, 5) is 27.9. The van der Waals surface area contributed by atoms with E-state index < -0.39 is 11.2 Å². The zero-order valence-corrected chi connectivity index (χ0v) is 19.5. The first-order valence-electron chi connectivity index (χ1n) is 9.97. The lowest BCUT2D eigenvalue weighted by atomic mass is 10.1. The SMILES string of the molecule is N#C/C(C(=O)Nc1ccc(Cl)cc1)=C1\S[C@@H](Cc2ccc(Cl)cc2)C(=O)N1c1ccccc1. The molecule has 1 saturated heterocycles. The van der Waals surface area contributed by atoms with E-state index in [9.17, 15) is 14.9 Å². The van der Waals surface area contributed by atoms with Crippen molar-refractivity contribution in [1.29, 1.82) is 5.26 Å².